The molecule has 0 fully saturated rings. The van der Waals surface area contributed by atoms with E-state index >= 15 is 0 Å². The molecule has 0 radical (unpaired) electrons. The number of nitrogens with one attached hydrogen (secondary N) is 2. The Hall–Kier alpha value is -2.83. The summed E-state index contributed by atoms with van der Waals surface area (Å²) >= 11 is 7.13. The zero-order chi connectivity index (χ0) is 20.4. The van der Waals surface area contributed by atoms with E-state index < -0.39 is 0 Å². The Kier molecular flexibility index (Phi) is 5.56. The number of amides is 2. The van der Waals surface area contributed by atoms with E-state index in [9.17, 15) is 9.59 Å². The molecule has 4 rings (SSSR count). The SMILES string of the molecule is CCCNc1ccc(N2Cc3cccc(NC(=O)c4ccc(Cl)s4)c3C2=O)cc1. The molecule has 0 atom stereocenters. The summed E-state index contributed by atoms with van der Waals surface area (Å²) in [6.07, 6.45) is 1.05. The Labute approximate surface area is 178 Å². The monoisotopic (exact) mass is 425 g/mol. The molecule has 0 saturated carbocycles. The van der Waals surface area contributed by atoms with Crippen LogP contribution in [0.15, 0.2) is 54.6 Å². The van der Waals surface area contributed by atoms with Crippen molar-refractivity contribution >= 4 is 51.8 Å². The first-order valence-electron chi connectivity index (χ1n) is 9.41. The van der Waals surface area contributed by atoms with Gasteiger partial charge in [0.25, 0.3) is 11.8 Å². The van der Waals surface area contributed by atoms with E-state index in [-0.39, 0.29) is 11.8 Å². The van der Waals surface area contributed by atoms with Crippen LogP contribution in [0.4, 0.5) is 17.1 Å². The summed E-state index contributed by atoms with van der Waals surface area (Å²) in [6, 6.07) is 16.7. The highest BCUT2D eigenvalue weighted by Gasteiger charge is 2.31. The molecule has 148 valence electrons. The van der Waals surface area contributed by atoms with E-state index in [0.29, 0.717) is 27.0 Å². The van der Waals surface area contributed by atoms with E-state index in [0.717, 1.165) is 29.9 Å². The van der Waals surface area contributed by atoms with Crippen molar-refractivity contribution in [2.45, 2.75) is 19.9 Å². The summed E-state index contributed by atoms with van der Waals surface area (Å²) in [5.74, 6) is -0.387. The van der Waals surface area contributed by atoms with Gasteiger partial charge in [0.2, 0.25) is 0 Å². The summed E-state index contributed by atoms with van der Waals surface area (Å²) < 4.78 is 0.549. The number of anilines is 3. The number of nitrogens with zero attached hydrogens (tertiary/aromatic N) is 1. The number of halogens is 1. The maximum Gasteiger partial charge on any atom is 0.265 e. The van der Waals surface area contributed by atoms with Crippen LogP contribution >= 0.6 is 22.9 Å². The number of fused-ring (bicyclic) bond motifs is 1. The fourth-order valence-corrected chi connectivity index (χ4v) is 4.26. The van der Waals surface area contributed by atoms with Crippen LogP contribution < -0.4 is 15.5 Å². The highest BCUT2D eigenvalue weighted by Crippen LogP contribution is 2.34. The molecule has 7 heteroatoms. The van der Waals surface area contributed by atoms with E-state index in [2.05, 4.69) is 17.6 Å². The molecule has 0 bridgehead atoms. The third kappa shape index (κ3) is 3.99. The molecule has 1 aliphatic rings. The van der Waals surface area contributed by atoms with Crippen LogP contribution in [0.1, 0.15) is 38.9 Å². The van der Waals surface area contributed by atoms with Gasteiger partial charge in [0.15, 0.2) is 0 Å². The third-order valence-electron chi connectivity index (χ3n) is 4.74. The molecular weight excluding hydrogens is 406 g/mol. The second-order valence-electron chi connectivity index (χ2n) is 6.76. The average Bonchev–Trinajstić information content (AvgIpc) is 3.31. The van der Waals surface area contributed by atoms with Crippen LogP contribution in [0.2, 0.25) is 4.34 Å². The summed E-state index contributed by atoms with van der Waals surface area (Å²) in [5, 5.41) is 6.19. The van der Waals surface area contributed by atoms with Gasteiger partial charge in [-0.3, -0.25) is 9.59 Å². The zero-order valence-electron chi connectivity index (χ0n) is 15.9. The lowest BCUT2D eigenvalue weighted by molar-refractivity contribution is 0.0997. The molecule has 0 aliphatic carbocycles. The molecule has 2 amide bonds. The highest BCUT2D eigenvalue weighted by molar-refractivity contribution is 7.18. The molecule has 0 unspecified atom stereocenters. The first-order chi connectivity index (χ1) is 14.1. The predicted octanol–water partition coefficient (Wildman–Crippen LogP) is 5.64. The molecular formula is C22H20ClN3O2S. The van der Waals surface area contributed by atoms with Gasteiger partial charge in [-0.1, -0.05) is 30.7 Å². The van der Waals surface area contributed by atoms with Gasteiger partial charge in [-0.05, 0) is 54.4 Å². The van der Waals surface area contributed by atoms with Gasteiger partial charge in [0, 0.05) is 17.9 Å². The first-order valence-corrected chi connectivity index (χ1v) is 10.6. The minimum atomic E-state index is -0.270. The van der Waals surface area contributed by atoms with Crippen molar-refractivity contribution in [3.8, 4) is 0 Å². The number of carbonyl (C=O) groups excluding carboxylic acids is 2. The fraction of sp³-hybridized carbons (Fsp3) is 0.182. The Balaban J connectivity index is 1.55. The van der Waals surface area contributed by atoms with Gasteiger partial charge in [0.1, 0.15) is 0 Å². The fourth-order valence-electron chi connectivity index (χ4n) is 3.32. The second-order valence-corrected chi connectivity index (χ2v) is 8.48. The quantitative estimate of drug-likeness (QED) is 0.537. The summed E-state index contributed by atoms with van der Waals surface area (Å²) in [4.78, 5) is 27.9. The minimum absolute atomic E-state index is 0.116. The summed E-state index contributed by atoms with van der Waals surface area (Å²) in [6.45, 7) is 3.50. The van der Waals surface area contributed by atoms with Crippen LogP contribution in [0.25, 0.3) is 0 Å². The molecule has 1 aromatic heterocycles. The maximum absolute atomic E-state index is 13.1. The number of hydrogen-bond donors (Lipinski definition) is 2. The Morgan fingerprint density at radius 1 is 1.14 bits per heavy atom. The van der Waals surface area contributed by atoms with Crippen molar-refractivity contribution in [3.05, 3.63) is 74.9 Å². The Morgan fingerprint density at radius 2 is 1.93 bits per heavy atom. The normalized spacial score (nSPS) is 12.8. The van der Waals surface area contributed by atoms with E-state index in [1.165, 1.54) is 11.3 Å². The summed E-state index contributed by atoms with van der Waals surface area (Å²) in [5.41, 5.74) is 3.81. The van der Waals surface area contributed by atoms with Crippen molar-refractivity contribution in [1.82, 2.24) is 0 Å². The van der Waals surface area contributed by atoms with Gasteiger partial charge in [-0.25, -0.2) is 0 Å². The molecule has 2 aromatic carbocycles. The lowest BCUT2D eigenvalue weighted by Gasteiger charge is -2.17. The minimum Gasteiger partial charge on any atom is -0.385 e. The van der Waals surface area contributed by atoms with E-state index in [1.807, 2.05) is 36.4 Å². The standard InChI is InChI=1S/C22H20ClN3O2S/c1-2-12-24-15-6-8-16(9-7-15)26-13-14-4-3-5-17(20(14)22(26)28)25-21(27)18-10-11-19(23)29-18/h3-11,24H,2,12-13H2,1H3,(H,25,27). The van der Waals surface area contributed by atoms with Crippen LogP contribution in [-0.2, 0) is 6.54 Å². The van der Waals surface area contributed by atoms with Crippen LogP contribution in [-0.4, -0.2) is 18.4 Å². The average molecular weight is 426 g/mol. The molecule has 0 spiro atoms. The molecule has 0 saturated heterocycles. The van der Waals surface area contributed by atoms with Crippen molar-refractivity contribution in [3.63, 3.8) is 0 Å². The zero-order valence-corrected chi connectivity index (χ0v) is 17.4. The highest BCUT2D eigenvalue weighted by atomic mass is 35.5. The summed E-state index contributed by atoms with van der Waals surface area (Å²) in [7, 11) is 0. The molecule has 3 aromatic rings. The first kappa shape index (κ1) is 19.5. The van der Waals surface area contributed by atoms with Gasteiger partial charge in [-0.15, -0.1) is 11.3 Å². The van der Waals surface area contributed by atoms with Gasteiger partial charge in [0.05, 0.1) is 27.0 Å². The topological polar surface area (TPSA) is 61.4 Å². The van der Waals surface area contributed by atoms with Gasteiger partial charge >= 0.3 is 0 Å². The molecule has 1 aliphatic heterocycles. The van der Waals surface area contributed by atoms with Crippen molar-refractivity contribution in [2.24, 2.45) is 0 Å². The molecule has 2 heterocycles. The Morgan fingerprint density at radius 3 is 2.62 bits per heavy atom. The number of benzene rings is 2. The van der Waals surface area contributed by atoms with Gasteiger partial charge in [-0.2, -0.15) is 0 Å². The van der Waals surface area contributed by atoms with E-state index in [4.69, 9.17) is 11.6 Å². The van der Waals surface area contributed by atoms with Gasteiger partial charge < -0.3 is 15.5 Å². The lowest BCUT2D eigenvalue weighted by Crippen LogP contribution is -2.23. The lowest BCUT2D eigenvalue weighted by atomic mass is 10.1. The number of thiophene rings is 1. The van der Waals surface area contributed by atoms with Crippen LogP contribution in [0.3, 0.4) is 0 Å². The largest absolute Gasteiger partial charge is 0.385 e. The predicted molar refractivity (Wildman–Crippen MR) is 119 cm³/mol. The molecule has 29 heavy (non-hydrogen) atoms. The van der Waals surface area contributed by atoms with Crippen LogP contribution in [0, 0.1) is 0 Å². The van der Waals surface area contributed by atoms with Crippen LogP contribution in [0.5, 0.6) is 0 Å². The number of hydrogen-bond acceptors (Lipinski definition) is 4. The molecule has 2 N–H and O–H groups in total. The molecule has 5 nitrogen and oxygen atoms in total. The van der Waals surface area contributed by atoms with Crippen molar-refractivity contribution in [1.29, 1.82) is 0 Å². The second kappa shape index (κ2) is 8.27. The third-order valence-corrected chi connectivity index (χ3v) is 5.97. The smallest absolute Gasteiger partial charge is 0.265 e. The number of rotatable bonds is 6. The van der Waals surface area contributed by atoms with Crippen molar-refractivity contribution in [2.75, 3.05) is 22.1 Å². The Bertz CT molecular complexity index is 1060. The van der Waals surface area contributed by atoms with Crippen molar-refractivity contribution < 1.29 is 9.59 Å². The number of carbonyl (C=O) groups is 2. The maximum atomic E-state index is 13.1. The van der Waals surface area contributed by atoms with E-state index in [1.54, 1.807) is 23.1 Å².